The first-order valence-corrected chi connectivity index (χ1v) is 11.5. The fourth-order valence-corrected chi connectivity index (χ4v) is 5.52. The zero-order valence-electron chi connectivity index (χ0n) is 18.7. The van der Waals surface area contributed by atoms with Crippen molar-refractivity contribution in [1.29, 1.82) is 0 Å². The molecule has 2 N–H and O–H groups in total. The number of nitrogens with zero attached hydrogens (tertiary/aromatic N) is 1. The zero-order valence-corrected chi connectivity index (χ0v) is 18.7. The average Bonchev–Trinajstić information content (AvgIpc) is 3.33. The minimum atomic E-state index is -1.23. The lowest BCUT2D eigenvalue weighted by Gasteiger charge is -2.45. The van der Waals surface area contributed by atoms with E-state index in [0.29, 0.717) is 32.2 Å². The highest BCUT2D eigenvalue weighted by Gasteiger charge is 2.55. The molecular weight excluding hydrogens is 420 g/mol. The number of carbonyl (C=O) groups is 3. The maximum absolute atomic E-state index is 13.4. The third kappa shape index (κ3) is 3.37. The number of benzene rings is 2. The number of ether oxygens (including phenoxy) is 1. The van der Waals surface area contributed by atoms with E-state index in [2.05, 4.69) is 29.6 Å². The first kappa shape index (κ1) is 21.5. The molecule has 1 atom stereocenters. The average molecular weight is 449 g/mol. The molecule has 172 valence electrons. The minimum Gasteiger partial charge on any atom is -0.480 e. The minimum absolute atomic E-state index is 0.0647. The summed E-state index contributed by atoms with van der Waals surface area (Å²) < 4.78 is 5.65. The maximum Gasteiger partial charge on any atom is 0.408 e. The summed E-state index contributed by atoms with van der Waals surface area (Å²) in [4.78, 5) is 39.5. The van der Waals surface area contributed by atoms with E-state index < -0.39 is 23.1 Å². The highest BCUT2D eigenvalue weighted by Crippen LogP contribution is 2.44. The lowest BCUT2D eigenvalue weighted by atomic mass is 9.75. The number of hydrogen-bond acceptors (Lipinski definition) is 4. The van der Waals surface area contributed by atoms with Crippen LogP contribution in [0.5, 0.6) is 0 Å². The molecule has 2 aromatic carbocycles. The van der Waals surface area contributed by atoms with Crippen LogP contribution in [0.3, 0.4) is 0 Å². The Labute approximate surface area is 192 Å². The van der Waals surface area contributed by atoms with E-state index in [1.165, 1.54) is 4.90 Å². The Morgan fingerprint density at radius 3 is 2.15 bits per heavy atom. The Bertz CT molecular complexity index is 1080. The lowest BCUT2D eigenvalue weighted by molar-refractivity contribution is -0.159. The fraction of sp³-hybridized carbons (Fsp3) is 0.423. The van der Waals surface area contributed by atoms with Crippen LogP contribution in [0.1, 0.15) is 56.1 Å². The van der Waals surface area contributed by atoms with E-state index in [4.69, 9.17) is 4.74 Å². The zero-order chi connectivity index (χ0) is 23.2. The van der Waals surface area contributed by atoms with Gasteiger partial charge in [-0.2, -0.15) is 0 Å². The topological polar surface area (TPSA) is 95.9 Å². The fourth-order valence-electron chi connectivity index (χ4n) is 5.52. The van der Waals surface area contributed by atoms with Crippen molar-refractivity contribution in [3.05, 3.63) is 59.7 Å². The van der Waals surface area contributed by atoms with Gasteiger partial charge in [0.05, 0.1) is 0 Å². The summed E-state index contributed by atoms with van der Waals surface area (Å²) in [6.45, 7) is 2.14. The molecule has 0 aromatic heterocycles. The molecule has 33 heavy (non-hydrogen) atoms. The third-order valence-electron chi connectivity index (χ3n) is 7.65. The van der Waals surface area contributed by atoms with Crippen LogP contribution in [0, 0.1) is 0 Å². The summed E-state index contributed by atoms with van der Waals surface area (Å²) in [5.41, 5.74) is 2.22. The number of aliphatic carboxylic acids is 1. The molecule has 1 unspecified atom stereocenters. The van der Waals surface area contributed by atoms with Crippen LogP contribution in [0.25, 0.3) is 11.1 Å². The Morgan fingerprint density at radius 1 is 1.00 bits per heavy atom. The van der Waals surface area contributed by atoms with Crippen LogP contribution in [-0.2, 0) is 14.3 Å². The van der Waals surface area contributed by atoms with Crippen LogP contribution in [-0.4, -0.2) is 52.2 Å². The molecule has 1 saturated heterocycles. The Balaban J connectivity index is 1.29. The number of carboxylic acids is 1. The normalized spacial score (nSPS) is 22.8. The number of carbonyl (C=O) groups excluding carboxylic acids is 2. The summed E-state index contributed by atoms with van der Waals surface area (Å²) in [6, 6.07) is 16.2. The predicted molar refractivity (Wildman–Crippen MR) is 122 cm³/mol. The largest absolute Gasteiger partial charge is 0.480 e. The van der Waals surface area contributed by atoms with Crippen LogP contribution >= 0.6 is 0 Å². The first-order chi connectivity index (χ1) is 15.9. The maximum atomic E-state index is 13.4. The summed E-state index contributed by atoms with van der Waals surface area (Å²) in [5.74, 6) is -1.39. The number of amides is 2. The molecule has 1 aliphatic heterocycles. The van der Waals surface area contributed by atoms with Gasteiger partial charge in [-0.1, -0.05) is 48.5 Å². The number of likely N-dealkylation sites (tertiary alicyclic amines) is 1. The molecular formula is C26H28N2O5. The van der Waals surface area contributed by atoms with Crippen molar-refractivity contribution in [2.75, 3.05) is 13.2 Å². The second kappa shape index (κ2) is 7.90. The van der Waals surface area contributed by atoms with Gasteiger partial charge in [0.15, 0.2) is 0 Å². The first-order valence-electron chi connectivity index (χ1n) is 11.5. The van der Waals surface area contributed by atoms with E-state index >= 15 is 0 Å². The van der Waals surface area contributed by atoms with Gasteiger partial charge in [-0.05, 0) is 61.3 Å². The number of rotatable bonds is 5. The van der Waals surface area contributed by atoms with Crippen LogP contribution in [0.15, 0.2) is 48.5 Å². The van der Waals surface area contributed by atoms with Crippen molar-refractivity contribution in [3.63, 3.8) is 0 Å². The van der Waals surface area contributed by atoms with Crippen molar-refractivity contribution < 1.29 is 24.2 Å². The summed E-state index contributed by atoms with van der Waals surface area (Å²) >= 11 is 0. The Hall–Kier alpha value is -3.35. The highest BCUT2D eigenvalue weighted by atomic mass is 16.5. The summed E-state index contributed by atoms with van der Waals surface area (Å²) in [7, 11) is 0. The van der Waals surface area contributed by atoms with E-state index in [1.807, 2.05) is 24.3 Å². The molecule has 0 radical (unpaired) electrons. The van der Waals surface area contributed by atoms with Crippen molar-refractivity contribution >= 4 is 18.0 Å². The Kier molecular flexibility index (Phi) is 5.15. The standard InChI is InChI=1S/C26H28N2O5/c1-25(23(30)31)12-7-15-28(25)22(29)26(13-6-14-26)27-24(32)33-16-21-19-10-4-2-8-17(19)18-9-3-5-11-20(18)21/h2-5,8-11,21H,6-7,12-16H2,1H3,(H,27,32)(H,30,31). The van der Waals surface area contributed by atoms with Gasteiger partial charge in [-0.3, -0.25) is 4.79 Å². The third-order valence-corrected chi connectivity index (χ3v) is 7.65. The molecule has 7 nitrogen and oxygen atoms in total. The smallest absolute Gasteiger partial charge is 0.408 e. The molecule has 1 saturated carbocycles. The van der Waals surface area contributed by atoms with Crippen LogP contribution in [0.4, 0.5) is 4.79 Å². The van der Waals surface area contributed by atoms with Gasteiger partial charge < -0.3 is 20.1 Å². The molecule has 7 heteroatoms. The molecule has 0 spiro atoms. The second-order valence-corrected chi connectivity index (χ2v) is 9.53. The summed E-state index contributed by atoms with van der Waals surface area (Å²) in [5, 5.41) is 12.5. The van der Waals surface area contributed by atoms with E-state index in [0.717, 1.165) is 28.7 Å². The number of carboxylic acid groups (broad SMARTS) is 1. The SMILES string of the molecule is CC1(C(=O)O)CCCN1C(=O)C1(NC(=O)OCC2c3ccccc3-c3ccccc32)CCC1. The lowest BCUT2D eigenvalue weighted by Crippen LogP contribution is -2.66. The second-order valence-electron chi connectivity index (χ2n) is 9.53. The van der Waals surface area contributed by atoms with Gasteiger partial charge >= 0.3 is 12.1 Å². The van der Waals surface area contributed by atoms with Gasteiger partial charge in [0.25, 0.3) is 0 Å². The van der Waals surface area contributed by atoms with Gasteiger partial charge in [-0.15, -0.1) is 0 Å². The van der Waals surface area contributed by atoms with E-state index in [-0.39, 0.29) is 18.4 Å². The molecule has 2 amide bonds. The van der Waals surface area contributed by atoms with Gasteiger partial charge in [-0.25, -0.2) is 9.59 Å². The van der Waals surface area contributed by atoms with Crippen molar-refractivity contribution in [1.82, 2.24) is 10.2 Å². The molecule has 5 rings (SSSR count). The van der Waals surface area contributed by atoms with Crippen molar-refractivity contribution in [3.8, 4) is 11.1 Å². The number of fused-ring (bicyclic) bond motifs is 3. The van der Waals surface area contributed by atoms with Gasteiger partial charge in [0.2, 0.25) is 5.91 Å². The quantitative estimate of drug-likeness (QED) is 0.723. The van der Waals surface area contributed by atoms with Crippen LogP contribution < -0.4 is 5.32 Å². The number of nitrogens with one attached hydrogen (secondary N) is 1. The monoisotopic (exact) mass is 448 g/mol. The van der Waals surface area contributed by atoms with Gasteiger partial charge in [0.1, 0.15) is 17.7 Å². The molecule has 0 bridgehead atoms. The molecule has 3 aliphatic rings. The number of hydrogen-bond donors (Lipinski definition) is 2. The predicted octanol–water partition coefficient (Wildman–Crippen LogP) is 3.91. The molecule has 2 aliphatic carbocycles. The molecule has 2 fully saturated rings. The molecule has 1 heterocycles. The van der Waals surface area contributed by atoms with E-state index in [1.54, 1.807) is 6.92 Å². The van der Waals surface area contributed by atoms with Crippen molar-refractivity contribution in [2.24, 2.45) is 0 Å². The Morgan fingerprint density at radius 2 is 1.61 bits per heavy atom. The van der Waals surface area contributed by atoms with Gasteiger partial charge in [0, 0.05) is 12.5 Å². The summed E-state index contributed by atoms with van der Waals surface area (Å²) in [6.07, 6.45) is 2.18. The van der Waals surface area contributed by atoms with Crippen molar-refractivity contribution in [2.45, 2.75) is 56.0 Å². The van der Waals surface area contributed by atoms with Crippen LogP contribution in [0.2, 0.25) is 0 Å². The number of alkyl carbamates (subject to hydrolysis) is 1. The molecule has 2 aromatic rings. The highest BCUT2D eigenvalue weighted by molar-refractivity contribution is 5.95. The van der Waals surface area contributed by atoms with E-state index in [9.17, 15) is 19.5 Å².